The van der Waals surface area contributed by atoms with Crippen molar-refractivity contribution in [3.8, 4) is 5.75 Å². The summed E-state index contributed by atoms with van der Waals surface area (Å²) in [4.78, 5) is 15.1. The Balaban J connectivity index is 1.52. The fourth-order valence-corrected chi connectivity index (χ4v) is 4.95. The third-order valence-corrected chi connectivity index (χ3v) is 6.93. The van der Waals surface area contributed by atoms with E-state index in [2.05, 4.69) is 4.72 Å². The first kappa shape index (κ1) is 22.0. The average molecular weight is 451 g/mol. The summed E-state index contributed by atoms with van der Waals surface area (Å²) in [7, 11) is -3.67. The van der Waals surface area contributed by atoms with E-state index in [9.17, 15) is 13.2 Å². The van der Waals surface area contributed by atoms with Crippen LogP contribution in [0.4, 0.5) is 5.69 Å². The summed E-state index contributed by atoms with van der Waals surface area (Å²) in [6, 6.07) is 21.3. The van der Waals surface area contributed by atoms with Crippen LogP contribution in [0.1, 0.15) is 35.3 Å². The maximum Gasteiger partial charge on any atom is 0.258 e. The van der Waals surface area contributed by atoms with Gasteiger partial charge < -0.3 is 9.64 Å². The lowest BCUT2D eigenvalue weighted by atomic mass is 10.1. The number of anilines is 1. The van der Waals surface area contributed by atoms with E-state index in [1.54, 1.807) is 17.0 Å². The largest absolute Gasteiger partial charge is 0.494 e. The van der Waals surface area contributed by atoms with Crippen LogP contribution in [0.15, 0.2) is 77.7 Å². The Morgan fingerprint density at radius 2 is 1.78 bits per heavy atom. The highest BCUT2D eigenvalue weighted by atomic mass is 32.2. The van der Waals surface area contributed by atoms with Gasteiger partial charge in [-0.05, 0) is 73.9 Å². The van der Waals surface area contributed by atoms with Crippen LogP contribution in [0.5, 0.6) is 5.75 Å². The van der Waals surface area contributed by atoms with Crippen molar-refractivity contribution in [3.05, 3.63) is 89.5 Å². The number of nitrogens with one attached hydrogen (secondary N) is 1. The highest BCUT2D eigenvalue weighted by Gasteiger charge is 2.31. The van der Waals surface area contributed by atoms with Crippen molar-refractivity contribution >= 4 is 21.6 Å². The van der Waals surface area contributed by atoms with Crippen LogP contribution in [-0.4, -0.2) is 27.0 Å². The number of nitrogens with zero attached hydrogens (tertiary/aromatic N) is 1. The fourth-order valence-electron chi connectivity index (χ4n) is 3.94. The number of carbonyl (C=O) groups excluding carboxylic acids is 1. The molecule has 1 N–H and O–H groups in total. The van der Waals surface area contributed by atoms with E-state index in [1.165, 1.54) is 12.1 Å². The Hall–Kier alpha value is -3.16. The molecule has 0 aliphatic carbocycles. The van der Waals surface area contributed by atoms with Gasteiger partial charge >= 0.3 is 0 Å². The van der Waals surface area contributed by atoms with Gasteiger partial charge in [0.2, 0.25) is 10.0 Å². The number of carbonyl (C=O) groups is 1. The number of benzene rings is 3. The Morgan fingerprint density at radius 3 is 2.47 bits per heavy atom. The van der Waals surface area contributed by atoms with Crippen molar-refractivity contribution in [1.29, 1.82) is 0 Å². The monoisotopic (exact) mass is 450 g/mol. The summed E-state index contributed by atoms with van der Waals surface area (Å²) >= 11 is 0. The molecule has 0 saturated heterocycles. The second-order valence-corrected chi connectivity index (χ2v) is 9.55. The smallest absolute Gasteiger partial charge is 0.258 e. The second-order valence-electron chi connectivity index (χ2n) is 7.79. The maximum atomic E-state index is 13.1. The standard InChI is InChI=1S/C25H26N2O4S/c1-3-31-22-11-13-23(14-12-22)32(29,30)26-17-19-9-10-21-15-18(2)27(24(21)16-19)25(28)20-7-5-4-6-8-20/h4-14,16,18,26H,3,15,17H2,1-2H3. The zero-order valence-electron chi connectivity index (χ0n) is 18.1. The van der Waals surface area contributed by atoms with Crippen LogP contribution in [0.25, 0.3) is 0 Å². The molecule has 0 bridgehead atoms. The van der Waals surface area contributed by atoms with Gasteiger partial charge in [0.05, 0.1) is 11.5 Å². The van der Waals surface area contributed by atoms with Crippen molar-refractivity contribution in [2.24, 2.45) is 0 Å². The van der Waals surface area contributed by atoms with E-state index in [4.69, 9.17) is 4.74 Å². The van der Waals surface area contributed by atoms with Gasteiger partial charge in [-0.2, -0.15) is 0 Å². The van der Waals surface area contributed by atoms with Crippen LogP contribution in [0.2, 0.25) is 0 Å². The molecule has 3 aromatic rings. The first-order valence-corrected chi connectivity index (χ1v) is 12.1. The lowest BCUT2D eigenvalue weighted by molar-refractivity contribution is 0.0981. The summed E-state index contributed by atoms with van der Waals surface area (Å²) in [6.45, 7) is 4.54. The quantitative estimate of drug-likeness (QED) is 0.587. The van der Waals surface area contributed by atoms with E-state index in [-0.39, 0.29) is 23.4 Å². The van der Waals surface area contributed by atoms with Gasteiger partial charge in [-0.1, -0.05) is 30.3 Å². The topological polar surface area (TPSA) is 75.7 Å². The van der Waals surface area contributed by atoms with Gasteiger partial charge in [0.15, 0.2) is 0 Å². The second kappa shape index (κ2) is 9.14. The lowest BCUT2D eigenvalue weighted by Crippen LogP contribution is -2.35. The molecule has 32 heavy (non-hydrogen) atoms. The zero-order valence-corrected chi connectivity index (χ0v) is 18.9. The van der Waals surface area contributed by atoms with E-state index in [0.29, 0.717) is 17.9 Å². The molecule has 3 aromatic carbocycles. The molecule has 1 unspecified atom stereocenters. The van der Waals surface area contributed by atoms with E-state index >= 15 is 0 Å². The molecule has 6 nitrogen and oxygen atoms in total. The SMILES string of the molecule is CCOc1ccc(S(=O)(=O)NCc2ccc3c(c2)N(C(=O)c2ccccc2)C(C)C3)cc1. The van der Waals surface area contributed by atoms with Crippen LogP contribution in [-0.2, 0) is 23.0 Å². The molecule has 1 atom stereocenters. The van der Waals surface area contributed by atoms with Crippen molar-refractivity contribution in [2.75, 3.05) is 11.5 Å². The lowest BCUT2D eigenvalue weighted by Gasteiger charge is -2.23. The van der Waals surface area contributed by atoms with E-state index in [1.807, 2.05) is 62.4 Å². The minimum absolute atomic E-state index is 0.0357. The number of rotatable bonds is 7. The van der Waals surface area contributed by atoms with Crippen LogP contribution in [0.3, 0.4) is 0 Å². The molecule has 7 heteroatoms. The van der Waals surface area contributed by atoms with Gasteiger partial charge in [-0.3, -0.25) is 4.79 Å². The Kier molecular flexibility index (Phi) is 6.30. The highest BCUT2D eigenvalue weighted by molar-refractivity contribution is 7.89. The predicted molar refractivity (Wildman–Crippen MR) is 124 cm³/mol. The number of sulfonamides is 1. The molecule has 1 heterocycles. The van der Waals surface area contributed by atoms with Crippen molar-refractivity contribution in [3.63, 3.8) is 0 Å². The predicted octanol–water partition coefficient (Wildman–Crippen LogP) is 4.16. The number of amides is 1. The third kappa shape index (κ3) is 4.54. The zero-order chi connectivity index (χ0) is 22.7. The summed E-state index contributed by atoms with van der Waals surface area (Å²) in [6.07, 6.45) is 0.770. The first-order valence-electron chi connectivity index (χ1n) is 10.6. The summed E-state index contributed by atoms with van der Waals surface area (Å²) in [5, 5.41) is 0. The molecule has 0 spiro atoms. The van der Waals surface area contributed by atoms with Crippen molar-refractivity contribution in [1.82, 2.24) is 4.72 Å². The third-order valence-electron chi connectivity index (χ3n) is 5.52. The Labute approximate surface area is 188 Å². The van der Waals surface area contributed by atoms with Gasteiger partial charge in [0.25, 0.3) is 5.91 Å². The highest BCUT2D eigenvalue weighted by Crippen LogP contribution is 2.34. The van der Waals surface area contributed by atoms with Crippen molar-refractivity contribution < 1.29 is 17.9 Å². The normalized spacial score (nSPS) is 15.4. The molecular formula is C25H26N2O4S. The molecule has 4 rings (SSSR count). The molecule has 1 amide bonds. The molecule has 1 aliphatic heterocycles. The number of fused-ring (bicyclic) bond motifs is 1. The van der Waals surface area contributed by atoms with E-state index in [0.717, 1.165) is 23.2 Å². The summed E-state index contributed by atoms with van der Waals surface area (Å²) < 4.78 is 33.4. The van der Waals surface area contributed by atoms with E-state index < -0.39 is 10.0 Å². The van der Waals surface area contributed by atoms with Gasteiger partial charge in [0.1, 0.15) is 5.75 Å². The molecule has 0 fully saturated rings. The molecule has 1 aliphatic rings. The van der Waals surface area contributed by atoms with Crippen LogP contribution < -0.4 is 14.4 Å². The molecule has 0 saturated carbocycles. The molecule has 166 valence electrons. The average Bonchev–Trinajstić information content (AvgIpc) is 3.13. The summed E-state index contributed by atoms with van der Waals surface area (Å²) in [5.41, 5.74) is 3.34. The minimum atomic E-state index is -3.67. The van der Waals surface area contributed by atoms with Gasteiger partial charge in [0, 0.05) is 23.8 Å². The number of hydrogen-bond acceptors (Lipinski definition) is 4. The van der Waals surface area contributed by atoms with Crippen molar-refractivity contribution in [2.45, 2.75) is 37.8 Å². The molecule has 0 aromatic heterocycles. The van der Waals surface area contributed by atoms with Crippen LogP contribution >= 0.6 is 0 Å². The maximum absolute atomic E-state index is 13.1. The van der Waals surface area contributed by atoms with Crippen LogP contribution in [0, 0.1) is 0 Å². The molecular weight excluding hydrogens is 424 g/mol. The van der Waals surface area contributed by atoms with Gasteiger partial charge in [-0.25, -0.2) is 13.1 Å². The van der Waals surface area contributed by atoms with Gasteiger partial charge in [-0.15, -0.1) is 0 Å². The molecule has 0 radical (unpaired) electrons. The first-order chi connectivity index (χ1) is 15.4. The Bertz CT molecular complexity index is 1210. The number of ether oxygens (including phenoxy) is 1. The number of hydrogen-bond donors (Lipinski definition) is 1. The Morgan fingerprint density at radius 1 is 1.06 bits per heavy atom. The summed E-state index contributed by atoms with van der Waals surface area (Å²) in [5.74, 6) is 0.575. The fraction of sp³-hybridized carbons (Fsp3) is 0.240. The minimum Gasteiger partial charge on any atom is -0.494 e.